The van der Waals surface area contributed by atoms with Crippen LogP contribution in [0.4, 0.5) is 0 Å². The Balaban J connectivity index is 1.81. The summed E-state index contributed by atoms with van der Waals surface area (Å²) in [4.78, 5) is 0. The standard InChI is InChI=1S/C8H15O/c1-7(9)3-2-4-8-5-6-8/h7-8H,2-6H2,1H3. The molecule has 1 heteroatoms. The lowest BCUT2D eigenvalue weighted by Gasteiger charge is -1.98. The SMILES string of the molecule is CC([O])CCCC1CC1. The first-order chi connectivity index (χ1) is 4.29. The molecule has 0 aromatic heterocycles. The van der Waals surface area contributed by atoms with Crippen LogP contribution in [0.1, 0.15) is 39.0 Å². The minimum atomic E-state index is -0.330. The van der Waals surface area contributed by atoms with Crippen LogP contribution in [0.15, 0.2) is 0 Å². The molecule has 1 aliphatic carbocycles. The van der Waals surface area contributed by atoms with Crippen molar-refractivity contribution in [1.82, 2.24) is 0 Å². The zero-order chi connectivity index (χ0) is 6.69. The van der Waals surface area contributed by atoms with E-state index in [4.69, 9.17) is 0 Å². The highest BCUT2D eigenvalue weighted by molar-refractivity contribution is 4.72. The summed E-state index contributed by atoms with van der Waals surface area (Å²) in [5.41, 5.74) is 0. The summed E-state index contributed by atoms with van der Waals surface area (Å²) in [6, 6.07) is 0. The number of hydrogen-bond donors (Lipinski definition) is 0. The molecule has 0 bridgehead atoms. The average Bonchev–Trinajstić information content (AvgIpc) is 2.48. The highest BCUT2D eigenvalue weighted by Crippen LogP contribution is 2.33. The van der Waals surface area contributed by atoms with Gasteiger partial charge in [-0.1, -0.05) is 25.7 Å². The maximum Gasteiger partial charge on any atom is 0.0902 e. The van der Waals surface area contributed by atoms with Crippen molar-refractivity contribution in [2.24, 2.45) is 5.92 Å². The molecule has 0 saturated heterocycles. The molecule has 1 unspecified atom stereocenters. The molecule has 9 heavy (non-hydrogen) atoms. The molecule has 0 aromatic rings. The lowest BCUT2D eigenvalue weighted by atomic mass is 10.1. The highest BCUT2D eigenvalue weighted by atomic mass is 16.3. The second-order valence-electron chi connectivity index (χ2n) is 3.18. The van der Waals surface area contributed by atoms with E-state index in [-0.39, 0.29) is 6.10 Å². The molecule has 0 N–H and O–H groups in total. The molecule has 0 aliphatic heterocycles. The van der Waals surface area contributed by atoms with Gasteiger partial charge in [-0.2, -0.15) is 0 Å². The molecule has 0 spiro atoms. The normalized spacial score (nSPS) is 22.0. The van der Waals surface area contributed by atoms with Crippen molar-refractivity contribution in [2.45, 2.75) is 45.1 Å². The zero-order valence-corrected chi connectivity index (χ0v) is 6.10. The van der Waals surface area contributed by atoms with E-state index in [9.17, 15) is 5.11 Å². The lowest BCUT2D eigenvalue weighted by Crippen LogP contribution is -1.96. The lowest BCUT2D eigenvalue weighted by molar-refractivity contribution is 0.0948. The fourth-order valence-corrected chi connectivity index (χ4v) is 1.10. The van der Waals surface area contributed by atoms with Crippen LogP contribution in [0.5, 0.6) is 0 Å². The Morgan fingerprint density at radius 1 is 1.56 bits per heavy atom. The maximum atomic E-state index is 10.5. The fraction of sp³-hybridized carbons (Fsp3) is 1.00. The third-order valence-corrected chi connectivity index (χ3v) is 1.92. The van der Waals surface area contributed by atoms with Gasteiger partial charge in [0.2, 0.25) is 0 Å². The molecule has 53 valence electrons. The van der Waals surface area contributed by atoms with Gasteiger partial charge in [-0.15, -0.1) is 0 Å². The summed E-state index contributed by atoms with van der Waals surface area (Å²) in [5, 5.41) is 10.5. The van der Waals surface area contributed by atoms with Crippen molar-refractivity contribution in [2.75, 3.05) is 0 Å². The van der Waals surface area contributed by atoms with Crippen LogP contribution in [-0.4, -0.2) is 6.10 Å². The van der Waals surface area contributed by atoms with E-state index in [0.29, 0.717) is 0 Å². The summed E-state index contributed by atoms with van der Waals surface area (Å²) in [7, 11) is 0. The minimum Gasteiger partial charge on any atom is -0.233 e. The van der Waals surface area contributed by atoms with Crippen LogP contribution in [0.3, 0.4) is 0 Å². The van der Waals surface area contributed by atoms with Crippen molar-refractivity contribution < 1.29 is 5.11 Å². The average molecular weight is 127 g/mol. The monoisotopic (exact) mass is 127 g/mol. The van der Waals surface area contributed by atoms with Gasteiger partial charge in [0.05, 0.1) is 6.10 Å². The van der Waals surface area contributed by atoms with Crippen LogP contribution in [0.25, 0.3) is 0 Å². The molecule has 0 heterocycles. The van der Waals surface area contributed by atoms with E-state index in [1.807, 2.05) is 0 Å². The Kier molecular flexibility index (Phi) is 2.52. The smallest absolute Gasteiger partial charge is 0.0902 e. The summed E-state index contributed by atoms with van der Waals surface area (Å²) in [5.74, 6) is 1.00. The molecule has 1 nitrogen and oxygen atoms in total. The number of hydrogen-bond acceptors (Lipinski definition) is 0. The van der Waals surface area contributed by atoms with Crippen molar-refractivity contribution >= 4 is 0 Å². The Labute approximate surface area is 57.1 Å². The molecule has 1 saturated carbocycles. The summed E-state index contributed by atoms with van der Waals surface area (Å²) >= 11 is 0. The molecule has 0 aromatic carbocycles. The van der Waals surface area contributed by atoms with Gasteiger partial charge < -0.3 is 0 Å². The minimum absolute atomic E-state index is 0.330. The van der Waals surface area contributed by atoms with E-state index in [2.05, 4.69) is 0 Å². The van der Waals surface area contributed by atoms with Crippen molar-refractivity contribution in [3.05, 3.63) is 0 Å². The first-order valence-electron chi connectivity index (χ1n) is 3.95. The van der Waals surface area contributed by atoms with E-state index in [1.54, 1.807) is 6.92 Å². The molecule has 1 rings (SSSR count). The molecule has 1 atom stereocenters. The van der Waals surface area contributed by atoms with Gasteiger partial charge in [0.1, 0.15) is 0 Å². The van der Waals surface area contributed by atoms with Gasteiger partial charge in [0, 0.05) is 0 Å². The molecule has 1 aliphatic rings. The molecular formula is C8H15O. The topological polar surface area (TPSA) is 19.9 Å². The van der Waals surface area contributed by atoms with Crippen molar-refractivity contribution in [3.8, 4) is 0 Å². The van der Waals surface area contributed by atoms with Crippen LogP contribution < -0.4 is 0 Å². The molecular weight excluding hydrogens is 112 g/mol. The van der Waals surface area contributed by atoms with E-state index >= 15 is 0 Å². The summed E-state index contributed by atoms with van der Waals surface area (Å²) in [6.07, 6.45) is 5.88. The van der Waals surface area contributed by atoms with E-state index < -0.39 is 0 Å². The van der Waals surface area contributed by atoms with Crippen molar-refractivity contribution in [1.29, 1.82) is 0 Å². The molecule has 1 fully saturated rings. The predicted molar refractivity (Wildman–Crippen MR) is 36.7 cm³/mol. The third-order valence-electron chi connectivity index (χ3n) is 1.92. The Morgan fingerprint density at radius 2 is 2.22 bits per heavy atom. The predicted octanol–water partition coefficient (Wildman–Crippen LogP) is 2.39. The highest BCUT2D eigenvalue weighted by Gasteiger charge is 2.20. The first-order valence-corrected chi connectivity index (χ1v) is 3.95. The van der Waals surface area contributed by atoms with Gasteiger partial charge in [0.25, 0.3) is 0 Å². The van der Waals surface area contributed by atoms with Gasteiger partial charge in [-0.25, -0.2) is 5.11 Å². The van der Waals surface area contributed by atoms with Gasteiger partial charge in [0.15, 0.2) is 0 Å². The Bertz CT molecular complexity index is 72.6. The van der Waals surface area contributed by atoms with Crippen LogP contribution in [0, 0.1) is 5.92 Å². The maximum absolute atomic E-state index is 10.5. The Hall–Kier alpha value is -0.0400. The van der Waals surface area contributed by atoms with Crippen LogP contribution in [0.2, 0.25) is 0 Å². The molecule has 1 radical (unpaired) electrons. The van der Waals surface area contributed by atoms with Gasteiger partial charge in [-0.05, 0) is 19.3 Å². The summed E-state index contributed by atoms with van der Waals surface area (Å²) < 4.78 is 0. The zero-order valence-electron chi connectivity index (χ0n) is 6.10. The quantitative estimate of drug-likeness (QED) is 0.552. The molecule has 0 amide bonds. The summed E-state index contributed by atoms with van der Waals surface area (Å²) in [6.45, 7) is 1.76. The second kappa shape index (κ2) is 3.21. The Morgan fingerprint density at radius 3 is 2.67 bits per heavy atom. The number of rotatable bonds is 4. The van der Waals surface area contributed by atoms with E-state index in [1.165, 1.54) is 19.3 Å². The van der Waals surface area contributed by atoms with Crippen LogP contribution >= 0.6 is 0 Å². The largest absolute Gasteiger partial charge is 0.233 e. The first kappa shape index (κ1) is 7.07. The van der Waals surface area contributed by atoms with Crippen molar-refractivity contribution in [3.63, 3.8) is 0 Å². The van der Waals surface area contributed by atoms with E-state index in [0.717, 1.165) is 18.8 Å². The van der Waals surface area contributed by atoms with Gasteiger partial charge >= 0.3 is 0 Å². The fourth-order valence-electron chi connectivity index (χ4n) is 1.10. The third kappa shape index (κ3) is 3.52. The second-order valence-corrected chi connectivity index (χ2v) is 3.18. The van der Waals surface area contributed by atoms with Gasteiger partial charge in [-0.3, -0.25) is 0 Å². The van der Waals surface area contributed by atoms with Crippen LogP contribution in [-0.2, 0) is 5.11 Å².